The van der Waals surface area contributed by atoms with Gasteiger partial charge in [-0.3, -0.25) is 4.79 Å². The van der Waals surface area contributed by atoms with E-state index >= 15 is 0 Å². The van der Waals surface area contributed by atoms with Gasteiger partial charge in [0.2, 0.25) is 0 Å². The molecule has 0 radical (unpaired) electrons. The van der Waals surface area contributed by atoms with Crippen LogP contribution in [0.25, 0.3) is 0 Å². The highest BCUT2D eigenvalue weighted by atomic mass is 16.2. The largest absolute Gasteiger partial charge is 0.378 e. The van der Waals surface area contributed by atoms with Crippen molar-refractivity contribution in [2.24, 2.45) is 5.10 Å². The van der Waals surface area contributed by atoms with Gasteiger partial charge in [0.05, 0.1) is 6.21 Å². The minimum absolute atomic E-state index is 0.215. The topological polar surface area (TPSA) is 44.7 Å². The smallest absolute Gasteiger partial charge is 0.271 e. The van der Waals surface area contributed by atoms with Crippen LogP contribution in [0.4, 0.5) is 5.69 Å². The summed E-state index contributed by atoms with van der Waals surface area (Å²) in [6.45, 7) is 4.05. The van der Waals surface area contributed by atoms with Crippen LogP contribution >= 0.6 is 0 Å². The predicted molar refractivity (Wildman–Crippen MR) is 91.7 cm³/mol. The summed E-state index contributed by atoms with van der Waals surface area (Å²) in [4.78, 5) is 14.0. The van der Waals surface area contributed by atoms with Crippen LogP contribution in [0, 0.1) is 13.8 Å². The lowest BCUT2D eigenvalue weighted by molar-refractivity contribution is 0.0955. The number of hydrogen-bond acceptors (Lipinski definition) is 3. The average Bonchev–Trinajstić information content (AvgIpc) is 2.50. The van der Waals surface area contributed by atoms with Crippen LogP contribution in [0.15, 0.2) is 47.6 Å². The van der Waals surface area contributed by atoms with Gasteiger partial charge in [0.1, 0.15) is 0 Å². The molecular weight excluding hydrogens is 274 g/mol. The molecule has 0 aliphatic carbocycles. The minimum Gasteiger partial charge on any atom is -0.378 e. The Bertz CT molecular complexity index is 668. The van der Waals surface area contributed by atoms with Gasteiger partial charge in [-0.15, -0.1) is 0 Å². The van der Waals surface area contributed by atoms with E-state index in [0.717, 1.165) is 22.4 Å². The molecule has 0 fully saturated rings. The average molecular weight is 295 g/mol. The number of anilines is 1. The summed E-state index contributed by atoms with van der Waals surface area (Å²) in [6, 6.07) is 13.5. The number of nitrogens with one attached hydrogen (secondary N) is 1. The number of aryl methyl sites for hydroxylation is 2. The molecule has 1 N–H and O–H groups in total. The second kappa shape index (κ2) is 6.89. The Morgan fingerprint density at radius 2 is 1.64 bits per heavy atom. The van der Waals surface area contributed by atoms with E-state index < -0.39 is 0 Å². The Morgan fingerprint density at radius 3 is 2.18 bits per heavy atom. The monoisotopic (exact) mass is 295 g/mol. The van der Waals surface area contributed by atoms with E-state index in [2.05, 4.69) is 10.5 Å². The number of rotatable bonds is 4. The molecule has 22 heavy (non-hydrogen) atoms. The summed E-state index contributed by atoms with van der Waals surface area (Å²) in [5.74, 6) is -0.215. The molecule has 0 atom stereocenters. The van der Waals surface area contributed by atoms with E-state index in [1.807, 2.05) is 63.2 Å². The molecular formula is C18H21N3O. The molecule has 0 heterocycles. The molecule has 2 aromatic carbocycles. The molecule has 2 rings (SSSR count). The lowest BCUT2D eigenvalue weighted by Gasteiger charge is -2.12. The zero-order chi connectivity index (χ0) is 16.1. The first kappa shape index (κ1) is 15.8. The van der Waals surface area contributed by atoms with Gasteiger partial charge in [0.15, 0.2) is 0 Å². The van der Waals surface area contributed by atoms with Crippen LogP contribution in [0.1, 0.15) is 27.0 Å². The van der Waals surface area contributed by atoms with Crippen molar-refractivity contribution in [3.8, 4) is 0 Å². The first-order valence-electron chi connectivity index (χ1n) is 7.16. The highest BCUT2D eigenvalue weighted by Crippen LogP contribution is 2.12. The Kier molecular flexibility index (Phi) is 4.94. The highest BCUT2D eigenvalue weighted by Gasteiger charge is 2.05. The van der Waals surface area contributed by atoms with Gasteiger partial charge in [0.25, 0.3) is 5.91 Å². The number of amides is 1. The summed E-state index contributed by atoms with van der Waals surface area (Å²) in [5, 5.41) is 4.06. The van der Waals surface area contributed by atoms with Crippen LogP contribution in [-0.2, 0) is 0 Å². The number of hydrazone groups is 1. The van der Waals surface area contributed by atoms with Crippen molar-refractivity contribution in [3.63, 3.8) is 0 Å². The number of nitrogens with zero attached hydrogens (tertiary/aromatic N) is 2. The van der Waals surface area contributed by atoms with Gasteiger partial charge < -0.3 is 4.90 Å². The molecule has 0 aliphatic rings. The standard InChI is InChI=1S/C18H21N3O/c1-13-6-5-7-14(2)17(13)12-19-20-18(22)15-8-10-16(11-9-15)21(3)4/h5-12H,1-4H3,(H,20,22)/b19-12+. The maximum absolute atomic E-state index is 12.0. The predicted octanol–water partition coefficient (Wildman–Crippen LogP) is 3.13. The highest BCUT2D eigenvalue weighted by molar-refractivity contribution is 5.95. The number of carbonyl (C=O) groups is 1. The Labute approximate surface area is 131 Å². The fourth-order valence-corrected chi connectivity index (χ4v) is 2.16. The fourth-order valence-electron chi connectivity index (χ4n) is 2.16. The lowest BCUT2D eigenvalue weighted by atomic mass is 10.0. The molecule has 2 aromatic rings. The van der Waals surface area contributed by atoms with E-state index in [1.165, 1.54) is 0 Å². The van der Waals surface area contributed by atoms with Crippen molar-refractivity contribution in [2.45, 2.75) is 13.8 Å². The number of benzene rings is 2. The molecule has 0 saturated carbocycles. The summed E-state index contributed by atoms with van der Waals surface area (Å²) >= 11 is 0. The quantitative estimate of drug-likeness (QED) is 0.695. The molecule has 4 heteroatoms. The third-order valence-electron chi connectivity index (χ3n) is 3.55. The molecule has 0 unspecified atom stereocenters. The summed E-state index contributed by atoms with van der Waals surface area (Å²) in [6.07, 6.45) is 1.69. The van der Waals surface area contributed by atoms with Crippen LogP contribution in [-0.4, -0.2) is 26.2 Å². The summed E-state index contributed by atoms with van der Waals surface area (Å²) in [5.41, 5.74) is 7.50. The van der Waals surface area contributed by atoms with E-state index in [-0.39, 0.29) is 5.91 Å². The van der Waals surface area contributed by atoms with E-state index in [4.69, 9.17) is 0 Å². The summed E-state index contributed by atoms with van der Waals surface area (Å²) < 4.78 is 0. The van der Waals surface area contributed by atoms with E-state index in [9.17, 15) is 4.79 Å². The maximum Gasteiger partial charge on any atom is 0.271 e. The zero-order valence-electron chi connectivity index (χ0n) is 13.4. The molecule has 0 aliphatic heterocycles. The fraction of sp³-hybridized carbons (Fsp3) is 0.222. The first-order chi connectivity index (χ1) is 10.5. The first-order valence-corrected chi connectivity index (χ1v) is 7.16. The van der Waals surface area contributed by atoms with Gasteiger partial charge in [-0.2, -0.15) is 5.10 Å². The van der Waals surface area contributed by atoms with Crippen LogP contribution in [0.2, 0.25) is 0 Å². The van der Waals surface area contributed by atoms with E-state index in [1.54, 1.807) is 18.3 Å². The molecule has 0 spiro atoms. The molecule has 0 bridgehead atoms. The lowest BCUT2D eigenvalue weighted by Crippen LogP contribution is -2.18. The maximum atomic E-state index is 12.0. The van der Waals surface area contributed by atoms with E-state index in [0.29, 0.717) is 5.56 Å². The SMILES string of the molecule is Cc1cccc(C)c1/C=N/NC(=O)c1ccc(N(C)C)cc1. The van der Waals surface area contributed by atoms with Crippen molar-refractivity contribution in [3.05, 3.63) is 64.7 Å². The Morgan fingerprint density at radius 1 is 1.05 bits per heavy atom. The van der Waals surface area contributed by atoms with Gasteiger partial charge in [0, 0.05) is 30.9 Å². The van der Waals surface area contributed by atoms with Crippen molar-refractivity contribution >= 4 is 17.8 Å². The van der Waals surface area contributed by atoms with Crippen LogP contribution < -0.4 is 10.3 Å². The van der Waals surface area contributed by atoms with Gasteiger partial charge in [-0.05, 0) is 49.2 Å². The van der Waals surface area contributed by atoms with Gasteiger partial charge >= 0.3 is 0 Å². The molecule has 0 saturated heterocycles. The zero-order valence-corrected chi connectivity index (χ0v) is 13.4. The third-order valence-corrected chi connectivity index (χ3v) is 3.55. The van der Waals surface area contributed by atoms with Crippen LogP contribution in [0.5, 0.6) is 0 Å². The Hall–Kier alpha value is -2.62. The van der Waals surface area contributed by atoms with Crippen molar-refractivity contribution in [1.29, 1.82) is 0 Å². The molecule has 0 aromatic heterocycles. The van der Waals surface area contributed by atoms with Crippen LogP contribution in [0.3, 0.4) is 0 Å². The third kappa shape index (κ3) is 3.73. The van der Waals surface area contributed by atoms with Gasteiger partial charge in [-0.1, -0.05) is 18.2 Å². The molecule has 4 nitrogen and oxygen atoms in total. The number of hydrogen-bond donors (Lipinski definition) is 1. The van der Waals surface area contributed by atoms with Crippen molar-refractivity contribution in [2.75, 3.05) is 19.0 Å². The molecule has 114 valence electrons. The molecule has 1 amide bonds. The second-order valence-corrected chi connectivity index (χ2v) is 5.45. The Balaban J connectivity index is 2.05. The van der Waals surface area contributed by atoms with Gasteiger partial charge in [-0.25, -0.2) is 5.43 Å². The number of carbonyl (C=O) groups excluding carboxylic acids is 1. The second-order valence-electron chi connectivity index (χ2n) is 5.45. The summed E-state index contributed by atoms with van der Waals surface area (Å²) in [7, 11) is 3.92. The minimum atomic E-state index is -0.215. The van der Waals surface area contributed by atoms with Crippen molar-refractivity contribution in [1.82, 2.24) is 5.43 Å². The normalized spacial score (nSPS) is 10.7. The van der Waals surface area contributed by atoms with Crippen molar-refractivity contribution < 1.29 is 4.79 Å².